The van der Waals surface area contributed by atoms with Gasteiger partial charge in [0, 0.05) is 38.2 Å². The minimum Gasteiger partial charge on any atom is -0.475 e. The summed E-state index contributed by atoms with van der Waals surface area (Å²) in [6.07, 6.45) is -4.90. The number of ether oxygens (including phenoxy) is 1. The number of likely N-dealkylation sites (N-methyl/N-ethyl adjacent to an activating group) is 1. The number of amides is 3. The predicted octanol–water partition coefficient (Wildman–Crippen LogP) is 2.45. The molecule has 2 fully saturated rings. The Hall–Kier alpha value is -4.26. The van der Waals surface area contributed by atoms with E-state index in [2.05, 4.69) is 5.32 Å². The Bertz CT molecular complexity index is 1330. The molecule has 2 aromatic rings. The van der Waals surface area contributed by atoms with Crippen LogP contribution in [0.4, 0.5) is 13.2 Å². The zero-order valence-electron chi connectivity index (χ0n) is 23.5. The first-order valence-corrected chi connectivity index (χ1v) is 13.0. The first-order chi connectivity index (χ1) is 19.7. The van der Waals surface area contributed by atoms with Crippen LogP contribution in [-0.2, 0) is 30.3 Å². The number of carbonyl (C=O) groups is 5. The second kappa shape index (κ2) is 12.7. The number of esters is 1. The number of fused-ring (bicyclic) bond motifs is 1. The van der Waals surface area contributed by atoms with E-state index >= 15 is 0 Å². The van der Waals surface area contributed by atoms with Crippen LogP contribution in [0.15, 0.2) is 54.6 Å². The van der Waals surface area contributed by atoms with Crippen molar-refractivity contribution in [2.24, 2.45) is 11.8 Å². The summed E-state index contributed by atoms with van der Waals surface area (Å²) >= 11 is 0. The van der Waals surface area contributed by atoms with E-state index in [1.807, 2.05) is 56.3 Å². The van der Waals surface area contributed by atoms with Crippen LogP contribution < -0.4 is 5.32 Å². The molecule has 2 saturated heterocycles. The topological polar surface area (TPSA) is 133 Å². The van der Waals surface area contributed by atoms with E-state index in [0.29, 0.717) is 12.1 Å². The van der Waals surface area contributed by atoms with E-state index in [1.165, 1.54) is 14.2 Å². The number of hydrogen-bond acceptors (Lipinski definition) is 7. The predicted molar refractivity (Wildman–Crippen MR) is 143 cm³/mol. The third-order valence-electron chi connectivity index (χ3n) is 7.48. The monoisotopic (exact) mass is 591 g/mol. The Morgan fingerprint density at radius 2 is 1.62 bits per heavy atom. The summed E-state index contributed by atoms with van der Waals surface area (Å²) in [5, 5.41) is 10.5. The number of benzene rings is 2. The molecule has 2 heterocycles. The molecule has 2 aliphatic heterocycles. The van der Waals surface area contributed by atoms with E-state index in [9.17, 15) is 32.3 Å². The molecule has 4 atom stereocenters. The Morgan fingerprint density at radius 1 is 1.05 bits per heavy atom. The standard InChI is InChI=1S/C27H31N3O5.C2HF3O2/c1-5-30(23(31)19-13-11-17(2)12-14-19)16-20-21-22(25(33)29(3)24(21)32)27(28-20,26(34)35-4)15-18-9-7-6-8-10-18;3-2(4,5)1(6)7/h6-14,20-22,28H,5,15-16H2,1-4H3;(H,6,7)/t20-,21+,22-,27-;/m1./s1. The zero-order chi connectivity index (χ0) is 31.4. The van der Waals surface area contributed by atoms with Gasteiger partial charge in [0.2, 0.25) is 11.8 Å². The molecule has 0 radical (unpaired) electrons. The van der Waals surface area contributed by atoms with Gasteiger partial charge in [-0.05, 0) is 31.5 Å². The van der Waals surface area contributed by atoms with E-state index < -0.39 is 47.4 Å². The number of hydrogen-bond donors (Lipinski definition) is 2. The molecule has 13 heteroatoms. The molecule has 3 amide bonds. The van der Waals surface area contributed by atoms with Crippen molar-refractivity contribution < 1.29 is 47.0 Å². The van der Waals surface area contributed by atoms with Gasteiger partial charge in [-0.3, -0.25) is 29.4 Å². The van der Waals surface area contributed by atoms with Gasteiger partial charge >= 0.3 is 18.1 Å². The fraction of sp³-hybridized carbons (Fsp3) is 0.414. The number of aryl methyl sites for hydroxylation is 1. The molecular formula is C29H32F3N3O7. The molecule has 10 nitrogen and oxygen atoms in total. The van der Waals surface area contributed by atoms with Crippen LogP contribution in [0.5, 0.6) is 0 Å². The summed E-state index contributed by atoms with van der Waals surface area (Å²) in [5.41, 5.74) is 1.01. The van der Waals surface area contributed by atoms with Crippen LogP contribution in [0, 0.1) is 18.8 Å². The van der Waals surface area contributed by atoms with E-state index in [-0.39, 0.29) is 24.8 Å². The molecule has 0 bridgehead atoms. The molecule has 4 rings (SSSR count). The summed E-state index contributed by atoms with van der Waals surface area (Å²) in [6.45, 7) is 4.39. The highest BCUT2D eigenvalue weighted by molar-refractivity contribution is 6.09. The van der Waals surface area contributed by atoms with Gasteiger partial charge in [0.25, 0.3) is 5.91 Å². The van der Waals surface area contributed by atoms with Crippen LogP contribution in [0.25, 0.3) is 0 Å². The lowest BCUT2D eigenvalue weighted by Crippen LogP contribution is -2.59. The molecule has 0 aliphatic carbocycles. The summed E-state index contributed by atoms with van der Waals surface area (Å²) in [4.78, 5) is 64.7. The van der Waals surface area contributed by atoms with Gasteiger partial charge in [0.15, 0.2) is 0 Å². The minimum absolute atomic E-state index is 0.171. The van der Waals surface area contributed by atoms with Gasteiger partial charge in [-0.25, -0.2) is 4.79 Å². The maximum absolute atomic E-state index is 13.3. The van der Waals surface area contributed by atoms with Gasteiger partial charge in [0.1, 0.15) is 5.54 Å². The number of carboxylic acids is 1. The number of nitrogens with one attached hydrogen (secondary N) is 1. The van der Waals surface area contributed by atoms with Crippen molar-refractivity contribution in [3.63, 3.8) is 0 Å². The highest BCUT2D eigenvalue weighted by atomic mass is 19.4. The number of methoxy groups -OCH3 is 1. The second-order valence-corrected chi connectivity index (χ2v) is 10.1. The number of halogens is 3. The van der Waals surface area contributed by atoms with Gasteiger partial charge in [0.05, 0.1) is 18.9 Å². The first kappa shape index (κ1) is 32.3. The summed E-state index contributed by atoms with van der Waals surface area (Å²) < 4.78 is 36.9. The van der Waals surface area contributed by atoms with Crippen molar-refractivity contribution in [1.29, 1.82) is 0 Å². The van der Waals surface area contributed by atoms with Crippen molar-refractivity contribution in [3.05, 3.63) is 71.3 Å². The molecule has 42 heavy (non-hydrogen) atoms. The third-order valence-corrected chi connectivity index (χ3v) is 7.48. The number of carboxylic acid groups (broad SMARTS) is 1. The third kappa shape index (κ3) is 6.46. The Labute approximate surface area is 240 Å². The van der Waals surface area contributed by atoms with Crippen molar-refractivity contribution in [2.75, 3.05) is 27.2 Å². The Balaban J connectivity index is 0.000000616. The lowest BCUT2D eigenvalue weighted by Gasteiger charge is -2.33. The maximum atomic E-state index is 13.3. The van der Waals surface area contributed by atoms with Gasteiger partial charge in [-0.1, -0.05) is 48.0 Å². The molecular weight excluding hydrogens is 559 g/mol. The van der Waals surface area contributed by atoms with Crippen molar-refractivity contribution in [3.8, 4) is 0 Å². The molecule has 0 spiro atoms. The molecule has 226 valence electrons. The first-order valence-electron chi connectivity index (χ1n) is 13.0. The highest BCUT2D eigenvalue weighted by Crippen LogP contribution is 2.45. The highest BCUT2D eigenvalue weighted by Gasteiger charge is 2.68. The van der Waals surface area contributed by atoms with Gasteiger partial charge in [-0.15, -0.1) is 0 Å². The smallest absolute Gasteiger partial charge is 0.475 e. The lowest BCUT2D eigenvalue weighted by molar-refractivity contribution is -0.192. The molecule has 0 unspecified atom stereocenters. The van der Waals surface area contributed by atoms with E-state index in [1.54, 1.807) is 17.0 Å². The number of aliphatic carboxylic acids is 1. The molecule has 0 saturated carbocycles. The molecule has 2 N–H and O–H groups in total. The van der Waals surface area contributed by atoms with Gasteiger partial charge in [-0.2, -0.15) is 13.2 Å². The molecule has 2 aromatic carbocycles. The van der Waals surface area contributed by atoms with Gasteiger partial charge < -0.3 is 14.7 Å². The number of nitrogens with zero attached hydrogens (tertiary/aromatic N) is 2. The normalized spacial score (nSPS) is 23.1. The number of rotatable bonds is 7. The van der Waals surface area contributed by atoms with Crippen LogP contribution in [-0.4, -0.2) is 89.6 Å². The summed E-state index contributed by atoms with van der Waals surface area (Å²) in [7, 11) is 2.73. The number of alkyl halides is 3. The number of carbonyl (C=O) groups excluding carboxylic acids is 4. The lowest BCUT2D eigenvalue weighted by atomic mass is 9.76. The average Bonchev–Trinajstić information content (AvgIpc) is 3.40. The minimum atomic E-state index is -5.08. The average molecular weight is 592 g/mol. The molecule has 2 aliphatic rings. The van der Waals surface area contributed by atoms with Crippen LogP contribution in [0.1, 0.15) is 28.4 Å². The number of likely N-dealkylation sites (tertiary alicyclic amines) is 1. The fourth-order valence-corrected chi connectivity index (χ4v) is 5.42. The summed E-state index contributed by atoms with van der Waals surface area (Å²) in [6, 6.07) is 16.0. The number of imide groups is 1. The van der Waals surface area contributed by atoms with Crippen molar-refractivity contribution >= 4 is 29.7 Å². The van der Waals surface area contributed by atoms with Crippen LogP contribution >= 0.6 is 0 Å². The fourth-order valence-electron chi connectivity index (χ4n) is 5.42. The SMILES string of the molecule is CCN(C[C@H]1N[C@@](Cc2ccccc2)(C(=O)OC)[C@H]2C(=O)N(C)C(=O)[C@@H]12)C(=O)c1ccc(C)cc1.O=C(O)C(F)(F)F. The van der Waals surface area contributed by atoms with Crippen molar-refractivity contribution in [2.45, 2.75) is 38.0 Å². The van der Waals surface area contributed by atoms with Crippen LogP contribution in [0.3, 0.4) is 0 Å². The maximum Gasteiger partial charge on any atom is 0.490 e. The van der Waals surface area contributed by atoms with Crippen molar-refractivity contribution in [1.82, 2.24) is 15.1 Å². The Morgan fingerprint density at radius 3 is 2.12 bits per heavy atom. The molecule has 0 aromatic heterocycles. The van der Waals surface area contributed by atoms with E-state index in [0.717, 1.165) is 16.0 Å². The largest absolute Gasteiger partial charge is 0.490 e. The second-order valence-electron chi connectivity index (χ2n) is 10.1. The Kier molecular flexibility index (Phi) is 9.77. The van der Waals surface area contributed by atoms with Crippen LogP contribution in [0.2, 0.25) is 0 Å². The zero-order valence-corrected chi connectivity index (χ0v) is 23.5. The summed E-state index contributed by atoms with van der Waals surface area (Å²) in [5.74, 6) is -5.99. The van der Waals surface area contributed by atoms with E-state index in [4.69, 9.17) is 14.6 Å². The quantitative estimate of drug-likeness (QED) is 0.371.